The van der Waals surface area contributed by atoms with Crippen LogP contribution in [0.1, 0.15) is 47.3 Å². The van der Waals surface area contributed by atoms with Crippen molar-refractivity contribution in [3.63, 3.8) is 0 Å². The molecule has 0 aliphatic carbocycles. The van der Waals surface area contributed by atoms with E-state index in [0.29, 0.717) is 37.4 Å². The number of amides is 2. The van der Waals surface area contributed by atoms with Gasteiger partial charge in [0.15, 0.2) is 5.82 Å². The van der Waals surface area contributed by atoms with Crippen LogP contribution in [-0.2, 0) is 9.63 Å². The Labute approximate surface area is 231 Å². The number of nitrogens with one attached hydrogen (secondary N) is 1. The number of carbonyl (C=O) groups excluding carboxylic acids is 2. The van der Waals surface area contributed by atoms with Gasteiger partial charge in [-0.1, -0.05) is 28.4 Å². The van der Waals surface area contributed by atoms with Crippen molar-refractivity contribution in [2.24, 2.45) is 5.16 Å². The van der Waals surface area contributed by atoms with Crippen LogP contribution >= 0.6 is 39.1 Å². The lowest BCUT2D eigenvalue weighted by Crippen LogP contribution is -2.42. The number of oxime groups is 1. The van der Waals surface area contributed by atoms with Gasteiger partial charge in [-0.2, -0.15) is 5.10 Å². The van der Waals surface area contributed by atoms with Gasteiger partial charge in [-0.05, 0) is 71.9 Å². The molecule has 9 nitrogen and oxygen atoms in total. The Hall–Kier alpha value is -2.95. The third-order valence-corrected chi connectivity index (χ3v) is 7.21. The summed E-state index contributed by atoms with van der Waals surface area (Å²) in [5, 5.41) is 12.3. The Morgan fingerprint density at radius 2 is 1.95 bits per heavy atom. The maximum atomic E-state index is 13.5. The predicted octanol–water partition coefficient (Wildman–Crippen LogP) is 5.40. The third kappa shape index (κ3) is 5.37. The van der Waals surface area contributed by atoms with Crippen molar-refractivity contribution in [2.75, 3.05) is 18.4 Å². The minimum atomic E-state index is -0.695. The molecule has 2 aliphatic rings. The monoisotopic (exact) mass is 604 g/mol. The number of rotatable bonds is 5. The Kier molecular flexibility index (Phi) is 7.50. The highest BCUT2D eigenvalue weighted by molar-refractivity contribution is 9.10. The molecule has 12 heteroatoms. The number of hydrogen-bond donors (Lipinski definition) is 1. The molecule has 1 saturated heterocycles. The summed E-state index contributed by atoms with van der Waals surface area (Å²) in [5.41, 5.74) is 2.59. The van der Waals surface area contributed by atoms with Gasteiger partial charge in [-0.25, -0.2) is 9.67 Å². The van der Waals surface area contributed by atoms with Crippen LogP contribution < -0.4 is 5.32 Å². The molecule has 0 radical (unpaired) electrons. The first-order valence-electron chi connectivity index (χ1n) is 11.8. The van der Waals surface area contributed by atoms with Crippen molar-refractivity contribution in [1.29, 1.82) is 0 Å². The molecule has 1 atom stereocenters. The number of aryl methyl sites for hydroxylation is 1. The minimum absolute atomic E-state index is 0.0659. The first kappa shape index (κ1) is 25.7. The Bertz CT molecular complexity index is 1400. The van der Waals surface area contributed by atoms with E-state index in [4.69, 9.17) is 28.0 Å². The van der Waals surface area contributed by atoms with Crippen molar-refractivity contribution in [3.05, 3.63) is 68.0 Å². The van der Waals surface area contributed by atoms with Crippen LogP contribution in [0.3, 0.4) is 0 Å². The number of pyridine rings is 1. The van der Waals surface area contributed by atoms with E-state index in [-0.39, 0.29) is 18.0 Å². The standard InChI is InChI=1S/C25H23BrCl2N6O3/c1-14-10-15(27)11-16(18-12-20(37-32-18)25(36)33-8-3-2-4-9-33)22(14)30-24(35)19-13-21(26)31-34(19)23-17(28)6-5-7-29-23/h5-7,10-11,13,20H,2-4,8-9,12H2,1H3,(H,30,35). The summed E-state index contributed by atoms with van der Waals surface area (Å²) in [6.07, 6.45) is 4.27. The number of likely N-dealkylation sites (tertiary alicyclic amines) is 1. The van der Waals surface area contributed by atoms with Gasteiger partial charge in [0.05, 0.1) is 16.4 Å². The van der Waals surface area contributed by atoms with Crippen LogP contribution in [0.2, 0.25) is 10.0 Å². The largest absolute Gasteiger partial charge is 0.382 e. The Morgan fingerprint density at radius 3 is 2.70 bits per heavy atom. The quantitative estimate of drug-likeness (QED) is 0.419. The normalized spacial score (nSPS) is 17.4. The molecule has 4 heterocycles. The first-order valence-corrected chi connectivity index (χ1v) is 13.4. The van der Waals surface area contributed by atoms with Crippen LogP contribution in [0.25, 0.3) is 5.82 Å². The zero-order chi connectivity index (χ0) is 26.1. The molecule has 2 amide bonds. The average molecular weight is 606 g/mol. The molecule has 0 saturated carbocycles. The predicted molar refractivity (Wildman–Crippen MR) is 145 cm³/mol. The fourth-order valence-corrected chi connectivity index (χ4v) is 5.36. The number of carbonyl (C=O) groups is 2. The summed E-state index contributed by atoms with van der Waals surface area (Å²) in [5.74, 6) is -0.184. The van der Waals surface area contributed by atoms with Crippen molar-refractivity contribution in [1.82, 2.24) is 19.7 Å². The lowest BCUT2D eigenvalue weighted by atomic mass is 9.99. The lowest BCUT2D eigenvalue weighted by molar-refractivity contribution is -0.143. The van der Waals surface area contributed by atoms with Crippen LogP contribution in [0, 0.1) is 6.92 Å². The molecule has 37 heavy (non-hydrogen) atoms. The van der Waals surface area contributed by atoms with Gasteiger partial charge in [-0.15, -0.1) is 0 Å². The van der Waals surface area contributed by atoms with Gasteiger partial charge >= 0.3 is 0 Å². The van der Waals surface area contributed by atoms with Crippen molar-refractivity contribution >= 4 is 62.3 Å². The summed E-state index contributed by atoms with van der Waals surface area (Å²) in [6, 6.07) is 8.40. The number of nitrogens with zero attached hydrogens (tertiary/aromatic N) is 5. The van der Waals surface area contributed by atoms with E-state index < -0.39 is 12.0 Å². The maximum absolute atomic E-state index is 13.5. The fraction of sp³-hybridized carbons (Fsp3) is 0.320. The zero-order valence-corrected chi connectivity index (χ0v) is 23.0. The lowest BCUT2D eigenvalue weighted by Gasteiger charge is -2.28. The molecule has 0 spiro atoms. The Morgan fingerprint density at radius 1 is 1.16 bits per heavy atom. The zero-order valence-electron chi connectivity index (χ0n) is 19.9. The van der Waals surface area contributed by atoms with E-state index >= 15 is 0 Å². The number of hydrogen-bond acceptors (Lipinski definition) is 6. The molecule has 2 aromatic heterocycles. The summed E-state index contributed by atoms with van der Waals surface area (Å²) < 4.78 is 1.82. The second-order valence-corrected chi connectivity index (χ2v) is 10.6. The van der Waals surface area contributed by atoms with Gasteiger partial charge in [0, 0.05) is 42.4 Å². The first-order chi connectivity index (χ1) is 17.8. The average Bonchev–Trinajstić information content (AvgIpc) is 3.53. The van der Waals surface area contributed by atoms with Gasteiger partial charge in [0.1, 0.15) is 10.3 Å². The van der Waals surface area contributed by atoms with E-state index in [1.54, 1.807) is 36.5 Å². The van der Waals surface area contributed by atoms with Crippen LogP contribution in [0.15, 0.2) is 46.3 Å². The third-order valence-electron chi connectivity index (χ3n) is 6.31. The fourth-order valence-electron chi connectivity index (χ4n) is 4.51. The van der Waals surface area contributed by atoms with Crippen molar-refractivity contribution in [2.45, 2.75) is 38.7 Å². The SMILES string of the molecule is Cc1cc(Cl)cc(C2=NOC(C(=O)N3CCCCC3)C2)c1NC(=O)c1cc(Br)nn1-c1ncccc1Cl. The van der Waals surface area contributed by atoms with Crippen LogP contribution in [0.5, 0.6) is 0 Å². The maximum Gasteiger partial charge on any atom is 0.274 e. The number of benzene rings is 1. The highest BCUT2D eigenvalue weighted by Crippen LogP contribution is 2.31. The smallest absolute Gasteiger partial charge is 0.274 e. The minimum Gasteiger partial charge on any atom is -0.382 e. The van der Waals surface area contributed by atoms with Gasteiger partial charge < -0.3 is 15.1 Å². The Balaban J connectivity index is 1.42. The van der Waals surface area contributed by atoms with E-state index in [0.717, 1.165) is 37.9 Å². The molecule has 0 bridgehead atoms. The topological polar surface area (TPSA) is 102 Å². The number of anilines is 1. The summed E-state index contributed by atoms with van der Waals surface area (Å²) in [7, 11) is 0. The molecule has 1 unspecified atom stereocenters. The highest BCUT2D eigenvalue weighted by atomic mass is 79.9. The molecule has 3 aromatic rings. The molecule has 1 fully saturated rings. The van der Waals surface area contributed by atoms with Crippen molar-refractivity contribution in [3.8, 4) is 5.82 Å². The summed E-state index contributed by atoms with van der Waals surface area (Å²) >= 11 is 16.0. The molecule has 192 valence electrons. The molecule has 5 rings (SSSR count). The highest BCUT2D eigenvalue weighted by Gasteiger charge is 2.34. The van der Waals surface area contributed by atoms with Crippen molar-refractivity contribution < 1.29 is 14.4 Å². The van der Waals surface area contributed by atoms with E-state index in [1.165, 1.54) is 4.68 Å². The second-order valence-electron chi connectivity index (χ2n) is 8.89. The molecular formula is C25H23BrCl2N6O3. The van der Waals surface area contributed by atoms with Gasteiger partial charge in [0.2, 0.25) is 6.10 Å². The van der Waals surface area contributed by atoms with Crippen LogP contribution in [0.4, 0.5) is 5.69 Å². The molecule has 2 aliphatic heterocycles. The number of piperidine rings is 1. The van der Waals surface area contributed by atoms with Crippen LogP contribution in [-0.4, -0.2) is 56.4 Å². The molecule has 1 N–H and O–H groups in total. The second kappa shape index (κ2) is 10.8. The summed E-state index contributed by atoms with van der Waals surface area (Å²) in [4.78, 5) is 38.1. The number of halogens is 3. The number of aromatic nitrogens is 3. The van der Waals surface area contributed by atoms with Gasteiger partial charge in [-0.3, -0.25) is 9.59 Å². The molecule has 1 aromatic carbocycles. The summed E-state index contributed by atoms with van der Waals surface area (Å²) in [6.45, 7) is 3.30. The molecular weight excluding hydrogens is 583 g/mol. The van der Waals surface area contributed by atoms with Gasteiger partial charge in [0.25, 0.3) is 11.8 Å². The van der Waals surface area contributed by atoms with E-state index in [9.17, 15) is 9.59 Å². The van der Waals surface area contributed by atoms with E-state index in [2.05, 4.69) is 36.5 Å². The van der Waals surface area contributed by atoms with E-state index in [1.807, 2.05) is 11.8 Å².